The number of carbonyl (C=O) groups is 1. The Balaban J connectivity index is 2.24. The summed E-state index contributed by atoms with van der Waals surface area (Å²) >= 11 is 0. The van der Waals surface area contributed by atoms with Crippen LogP contribution in [0.5, 0.6) is 5.75 Å². The van der Waals surface area contributed by atoms with Crippen LogP contribution < -0.4 is 10.5 Å². The molecule has 4 nitrogen and oxygen atoms in total. The van der Waals surface area contributed by atoms with Crippen molar-refractivity contribution in [2.75, 3.05) is 19.8 Å². The molecule has 1 aromatic rings. The maximum atomic E-state index is 11.3. The van der Waals surface area contributed by atoms with E-state index in [0.29, 0.717) is 19.4 Å². The van der Waals surface area contributed by atoms with E-state index < -0.39 is 0 Å². The fourth-order valence-corrected chi connectivity index (χ4v) is 1.85. The van der Waals surface area contributed by atoms with Gasteiger partial charge in [0.15, 0.2) is 0 Å². The molecule has 0 amide bonds. The van der Waals surface area contributed by atoms with Crippen molar-refractivity contribution in [3.63, 3.8) is 0 Å². The highest BCUT2D eigenvalue weighted by Gasteiger charge is 2.02. The number of benzene rings is 1. The summed E-state index contributed by atoms with van der Waals surface area (Å²) < 4.78 is 10.5. The zero-order valence-corrected chi connectivity index (χ0v) is 12.3. The lowest BCUT2D eigenvalue weighted by atomic mass is 10.1. The van der Waals surface area contributed by atoms with Crippen molar-refractivity contribution >= 4 is 5.97 Å². The monoisotopic (exact) mass is 279 g/mol. The predicted molar refractivity (Wildman–Crippen MR) is 79.8 cm³/mol. The highest BCUT2D eigenvalue weighted by molar-refractivity contribution is 5.69. The van der Waals surface area contributed by atoms with Crippen LogP contribution in [0.2, 0.25) is 0 Å². The maximum Gasteiger partial charge on any atom is 0.306 e. The lowest BCUT2D eigenvalue weighted by molar-refractivity contribution is -0.143. The molecule has 0 unspecified atom stereocenters. The third-order valence-electron chi connectivity index (χ3n) is 2.96. The lowest BCUT2D eigenvalue weighted by Crippen LogP contribution is -2.05. The van der Waals surface area contributed by atoms with E-state index in [4.69, 9.17) is 15.2 Å². The van der Waals surface area contributed by atoms with Gasteiger partial charge in [-0.25, -0.2) is 0 Å². The van der Waals surface area contributed by atoms with Gasteiger partial charge >= 0.3 is 5.97 Å². The van der Waals surface area contributed by atoms with Crippen LogP contribution in [0, 0.1) is 0 Å². The quantitative estimate of drug-likeness (QED) is 0.528. The number of carbonyl (C=O) groups excluding carboxylic acids is 1. The Bertz CT molecular complexity index is 376. The van der Waals surface area contributed by atoms with Crippen LogP contribution in [-0.4, -0.2) is 25.7 Å². The van der Waals surface area contributed by atoms with Gasteiger partial charge in [0.1, 0.15) is 5.75 Å². The Morgan fingerprint density at radius 1 is 1.15 bits per heavy atom. The zero-order valence-electron chi connectivity index (χ0n) is 12.3. The number of ether oxygens (including phenoxy) is 2. The third-order valence-corrected chi connectivity index (χ3v) is 2.96. The van der Waals surface area contributed by atoms with Crippen molar-refractivity contribution in [1.82, 2.24) is 0 Å². The molecule has 2 N–H and O–H groups in total. The molecule has 0 aromatic heterocycles. The van der Waals surface area contributed by atoms with Crippen molar-refractivity contribution in [3.05, 3.63) is 29.8 Å². The smallest absolute Gasteiger partial charge is 0.306 e. The van der Waals surface area contributed by atoms with E-state index in [9.17, 15) is 4.79 Å². The van der Waals surface area contributed by atoms with E-state index >= 15 is 0 Å². The summed E-state index contributed by atoms with van der Waals surface area (Å²) in [6.45, 7) is 3.73. The Morgan fingerprint density at radius 2 is 1.90 bits per heavy atom. The highest BCUT2D eigenvalue weighted by Crippen LogP contribution is 2.14. The Hall–Kier alpha value is -1.55. The first kappa shape index (κ1) is 16.5. The fraction of sp³-hybridized carbons (Fsp3) is 0.562. The summed E-state index contributed by atoms with van der Waals surface area (Å²) in [5, 5.41) is 0. The Kier molecular flexibility index (Phi) is 8.47. The van der Waals surface area contributed by atoms with Gasteiger partial charge in [0.2, 0.25) is 0 Å². The van der Waals surface area contributed by atoms with Crippen molar-refractivity contribution in [1.29, 1.82) is 0 Å². The van der Waals surface area contributed by atoms with Gasteiger partial charge in [0.25, 0.3) is 0 Å². The second kappa shape index (κ2) is 10.3. The molecule has 112 valence electrons. The molecule has 4 heteroatoms. The van der Waals surface area contributed by atoms with Crippen molar-refractivity contribution in [2.45, 2.75) is 39.0 Å². The van der Waals surface area contributed by atoms with Crippen LogP contribution in [0.15, 0.2) is 24.3 Å². The van der Waals surface area contributed by atoms with Gasteiger partial charge in [-0.05, 0) is 56.8 Å². The van der Waals surface area contributed by atoms with Crippen LogP contribution in [-0.2, 0) is 16.0 Å². The molecule has 0 heterocycles. The van der Waals surface area contributed by atoms with Crippen molar-refractivity contribution < 1.29 is 14.3 Å². The lowest BCUT2D eigenvalue weighted by Gasteiger charge is -2.07. The molecule has 0 aliphatic rings. The van der Waals surface area contributed by atoms with Crippen LogP contribution in [0.4, 0.5) is 0 Å². The highest BCUT2D eigenvalue weighted by atomic mass is 16.5. The summed E-state index contributed by atoms with van der Waals surface area (Å²) in [5.74, 6) is 0.727. The van der Waals surface area contributed by atoms with E-state index in [1.165, 1.54) is 0 Å². The van der Waals surface area contributed by atoms with E-state index in [1.54, 1.807) is 0 Å². The average molecular weight is 279 g/mol. The normalized spacial score (nSPS) is 10.3. The predicted octanol–water partition coefficient (Wildman–Crippen LogP) is 2.69. The average Bonchev–Trinajstić information content (AvgIpc) is 2.46. The summed E-state index contributed by atoms with van der Waals surface area (Å²) in [7, 11) is 0. The van der Waals surface area contributed by atoms with E-state index in [-0.39, 0.29) is 5.97 Å². The summed E-state index contributed by atoms with van der Waals surface area (Å²) in [5.41, 5.74) is 6.55. The first-order chi connectivity index (χ1) is 9.76. The molecule has 1 rings (SSSR count). The molecule has 0 atom stereocenters. The summed E-state index contributed by atoms with van der Waals surface area (Å²) in [6, 6.07) is 7.88. The molecular weight excluding hydrogens is 254 g/mol. The van der Waals surface area contributed by atoms with Gasteiger partial charge in [-0.2, -0.15) is 0 Å². The van der Waals surface area contributed by atoms with Gasteiger partial charge in [0.05, 0.1) is 13.2 Å². The standard InChI is InChI=1S/C16H25NO3/c1-2-19-16(18)11-8-14-6-9-15(10-7-14)20-13-5-3-4-12-17/h6-7,9-10H,2-5,8,11-13,17H2,1H3. The molecule has 0 aliphatic carbocycles. The first-order valence-corrected chi connectivity index (χ1v) is 7.33. The van der Waals surface area contributed by atoms with Gasteiger partial charge in [-0.3, -0.25) is 4.79 Å². The SMILES string of the molecule is CCOC(=O)CCc1ccc(OCCCCCN)cc1. The number of hydrogen-bond acceptors (Lipinski definition) is 4. The van der Waals surface area contributed by atoms with Gasteiger partial charge in [-0.1, -0.05) is 12.1 Å². The largest absolute Gasteiger partial charge is 0.494 e. The van der Waals surface area contributed by atoms with E-state index in [2.05, 4.69) is 0 Å². The van der Waals surface area contributed by atoms with Gasteiger partial charge in [-0.15, -0.1) is 0 Å². The third kappa shape index (κ3) is 7.14. The molecule has 0 fully saturated rings. The van der Waals surface area contributed by atoms with Crippen molar-refractivity contribution in [2.24, 2.45) is 5.73 Å². The zero-order chi connectivity index (χ0) is 14.6. The Morgan fingerprint density at radius 3 is 2.55 bits per heavy atom. The fourth-order valence-electron chi connectivity index (χ4n) is 1.85. The topological polar surface area (TPSA) is 61.5 Å². The summed E-state index contributed by atoms with van der Waals surface area (Å²) in [4.78, 5) is 11.3. The second-order valence-electron chi connectivity index (χ2n) is 4.65. The second-order valence-corrected chi connectivity index (χ2v) is 4.65. The molecule has 1 aromatic carbocycles. The van der Waals surface area contributed by atoms with Crippen LogP contribution in [0.3, 0.4) is 0 Å². The number of hydrogen-bond donors (Lipinski definition) is 1. The molecule has 0 aliphatic heterocycles. The maximum absolute atomic E-state index is 11.3. The molecule has 0 spiro atoms. The van der Waals surface area contributed by atoms with Crippen LogP contribution >= 0.6 is 0 Å². The van der Waals surface area contributed by atoms with E-state index in [0.717, 1.165) is 43.7 Å². The molecular formula is C16H25NO3. The minimum absolute atomic E-state index is 0.146. The van der Waals surface area contributed by atoms with E-state index in [1.807, 2.05) is 31.2 Å². The molecule has 0 bridgehead atoms. The molecule has 0 saturated heterocycles. The minimum atomic E-state index is -0.146. The van der Waals surface area contributed by atoms with Crippen LogP contribution in [0.1, 0.15) is 38.2 Å². The van der Waals surface area contributed by atoms with Gasteiger partial charge < -0.3 is 15.2 Å². The number of aryl methyl sites for hydroxylation is 1. The first-order valence-electron chi connectivity index (χ1n) is 7.33. The van der Waals surface area contributed by atoms with Gasteiger partial charge in [0, 0.05) is 6.42 Å². The Labute approximate surface area is 121 Å². The molecule has 0 radical (unpaired) electrons. The number of rotatable bonds is 10. The van der Waals surface area contributed by atoms with Crippen molar-refractivity contribution in [3.8, 4) is 5.75 Å². The number of esters is 1. The number of nitrogens with two attached hydrogens (primary N) is 1. The van der Waals surface area contributed by atoms with Crippen LogP contribution in [0.25, 0.3) is 0 Å². The minimum Gasteiger partial charge on any atom is -0.494 e. The summed E-state index contributed by atoms with van der Waals surface area (Å²) in [6.07, 6.45) is 4.31. The number of unbranched alkanes of at least 4 members (excludes halogenated alkanes) is 2. The molecule has 20 heavy (non-hydrogen) atoms. The molecule has 0 saturated carbocycles.